The first kappa shape index (κ1) is 47.9. The second kappa shape index (κ2) is 40.1. The van der Waals surface area contributed by atoms with Crippen molar-refractivity contribution < 1.29 is 14.3 Å². The Labute approximate surface area is 320 Å². The summed E-state index contributed by atoms with van der Waals surface area (Å²) in [6, 6.07) is 0. The molecule has 0 aromatic heterocycles. The van der Waals surface area contributed by atoms with E-state index in [1.54, 1.807) is 0 Å². The minimum atomic E-state index is -0.387. The molecule has 1 rings (SSSR count). The lowest BCUT2D eigenvalue weighted by atomic mass is 10.0. The number of hydrogen-bond acceptors (Lipinski definition) is 3. The molecular weight excluding hydrogens is 625 g/mol. The van der Waals surface area contributed by atoms with E-state index in [1.807, 2.05) is 6.08 Å². The number of cyclic esters (lactones) is 2. The molecule has 3 nitrogen and oxygen atoms in total. The molecule has 0 saturated carbocycles. The molecule has 0 aromatic carbocycles. The maximum absolute atomic E-state index is 11.4. The van der Waals surface area contributed by atoms with Gasteiger partial charge in [-0.3, -0.25) is 9.59 Å². The molecular formula is C48H90O3. The number of carbonyl (C=O) groups is 2. The molecule has 0 aromatic rings. The fourth-order valence-corrected chi connectivity index (χ4v) is 7.95. The molecule has 0 bridgehead atoms. The molecule has 51 heavy (non-hydrogen) atoms. The van der Waals surface area contributed by atoms with Crippen LogP contribution in [0.3, 0.4) is 0 Å². The zero-order chi connectivity index (χ0) is 36.6. The highest BCUT2D eigenvalue weighted by atomic mass is 16.6. The van der Waals surface area contributed by atoms with Gasteiger partial charge >= 0.3 is 11.9 Å². The average molecular weight is 715 g/mol. The normalized spacial score (nSPS) is 14.7. The molecule has 1 unspecified atom stereocenters. The number of carbonyl (C=O) groups excluding carboxylic acids is 2. The van der Waals surface area contributed by atoms with Crippen molar-refractivity contribution in [1.82, 2.24) is 0 Å². The SMILES string of the molecule is CCCCCCCCCCCCCCCCCCCCCCCCCCCCCCCCCCCCCCCCCC/C=C/C1CC(=O)OC1=O. The molecule has 1 aliphatic rings. The van der Waals surface area contributed by atoms with Gasteiger partial charge in [0.15, 0.2) is 0 Å². The maximum Gasteiger partial charge on any atom is 0.321 e. The molecule has 0 amide bonds. The van der Waals surface area contributed by atoms with Crippen molar-refractivity contribution in [2.75, 3.05) is 0 Å². The Hall–Kier alpha value is -1.12. The molecule has 1 heterocycles. The summed E-state index contributed by atoms with van der Waals surface area (Å²) in [7, 11) is 0. The quantitative estimate of drug-likeness (QED) is 0.0274. The van der Waals surface area contributed by atoms with Gasteiger partial charge < -0.3 is 4.74 Å². The topological polar surface area (TPSA) is 43.4 Å². The van der Waals surface area contributed by atoms with Gasteiger partial charge in [-0.2, -0.15) is 0 Å². The summed E-state index contributed by atoms with van der Waals surface area (Å²) >= 11 is 0. The number of ether oxygens (including phenoxy) is 1. The highest BCUT2D eigenvalue weighted by Crippen LogP contribution is 2.19. The molecule has 1 saturated heterocycles. The molecule has 0 N–H and O–H groups in total. The van der Waals surface area contributed by atoms with Crippen LogP contribution in [0.4, 0.5) is 0 Å². The number of esters is 2. The zero-order valence-electron chi connectivity index (χ0n) is 34.7. The van der Waals surface area contributed by atoms with E-state index in [4.69, 9.17) is 0 Å². The Balaban J connectivity index is 1.62. The largest absolute Gasteiger partial charge is 0.393 e. The van der Waals surface area contributed by atoms with E-state index in [1.165, 1.54) is 257 Å². The van der Waals surface area contributed by atoms with Gasteiger partial charge in [0.05, 0.1) is 12.3 Å². The zero-order valence-corrected chi connectivity index (χ0v) is 34.7. The second-order valence-corrected chi connectivity index (χ2v) is 16.6. The Bertz CT molecular complexity index is 758. The molecule has 0 spiro atoms. The lowest BCUT2D eigenvalue weighted by Gasteiger charge is -2.05. The van der Waals surface area contributed by atoms with Crippen molar-refractivity contribution in [3.63, 3.8) is 0 Å². The highest BCUT2D eigenvalue weighted by Gasteiger charge is 2.30. The van der Waals surface area contributed by atoms with Crippen LogP contribution in [-0.4, -0.2) is 11.9 Å². The molecule has 300 valence electrons. The van der Waals surface area contributed by atoms with Crippen molar-refractivity contribution in [1.29, 1.82) is 0 Å². The van der Waals surface area contributed by atoms with Crippen molar-refractivity contribution in [2.24, 2.45) is 5.92 Å². The van der Waals surface area contributed by atoms with Gasteiger partial charge in [-0.05, 0) is 12.8 Å². The van der Waals surface area contributed by atoms with Crippen LogP contribution in [-0.2, 0) is 14.3 Å². The summed E-state index contributed by atoms with van der Waals surface area (Å²) in [5, 5.41) is 0. The van der Waals surface area contributed by atoms with Crippen molar-refractivity contribution in [3.05, 3.63) is 12.2 Å². The standard InChI is InChI=1S/C48H90O3/c1-2-3-4-5-6-7-8-9-10-11-12-13-14-15-16-17-18-19-20-21-22-23-24-25-26-27-28-29-30-31-32-33-34-35-36-37-38-39-40-41-42-43-44-46-45-47(49)51-48(46)50/h43-44,46H,2-42,45H2,1H3/b44-43+. The van der Waals surface area contributed by atoms with Crippen LogP contribution in [0.5, 0.6) is 0 Å². The number of hydrogen-bond donors (Lipinski definition) is 0. The Kier molecular flexibility index (Phi) is 37.6. The summed E-state index contributed by atoms with van der Waals surface area (Å²) in [5.41, 5.74) is 0. The predicted octanol–water partition coefficient (Wildman–Crippen LogP) is 16.6. The van der Waals surface area contributed by atoms with Gasteiger partial charge in [0, 0.05) is 0 Å². The van der Waals surface area contributed by atoms with Crippen LogP contribution >= 0.6 is 0 Å². The third kappa shape index (κ3) is 35.7. The summed E-state index contributed by atoms with van der Waals surface area (Å²) in [6.45, 7) is 2.31. The van der Waals surface area contributed by atoms with Gasteiger partial charge in [-0.15, -0.1) is 0 Å². The first-order valence-electron chi connectivity index (χ1n) is 23.6. The fraction of sp³-hybridized carbons (Fsp3) is 0.917. The van der Waals surface area contributed by atoms with E-state index in [0.717, 1.165) is 6.42 Å². The van der Waals surface area contributed by atoms with Crippen LogP contribution in [0, 0.1) is 5.92 Å². The summed E-state index contributed by atoms with van der Waals surface area (Å²) in [4.78, 5) is 22.5. The van der Waals surface area contributed by atoms with E-state index in [-0.39, 0.29) is 24.3 Å². The summed E-state index contributed by atoms with van der Waals surface area (Å²) in [6.07, 6.45) is 62.9. The molecule has 1 fully saturated rings. The minimum absolute atomic E-state index is 0.217. The van der Waals surface area contributed by atoms with Crippen LogP contribution < -0.4 is 0 Å². The molecule has 0 aliphatic carbocycles. The van der Waals surface area contributed by atoms with E-state index in [0.29, 0.717) is 0 Å². The predicted molar refractivity (Wildman–Crippen MR) is 223 cm³/mol. The maximum atomic E-state index is 11.4. The van der Waals surface area contributed by atoms with E-state index >= 15 is 0 Å². The Morgan fingerprint density at radius 3 is 0.843 bits per heavy atom. The lowest BCUT2D eigenvalue weighted by molar-refractivity contribution is -0.152. The lowest BCUT2D eigenvalue weighted by Crippen LogP contribution is -2.03. The monoisotopic (exact) mass is 715 g/mol. The minimum Gasteiger partial charge on any atom is -0.393 e. The van der Waals surface area contributed by atoms with Gasteiger partial charge in [0.1, 0.15) is 0 Å². The first-order valence-corrected chi connectivity index (χ1v) is 23.6. The number of unbranched alkanes of at least 4 members (excludes halogenated alkanes) is 40. The molecule has 1 atom stereocenters. The number of rotatable bonds is 42. The highest BCUT2D eigenvalue weighted by molar-refractivity contribution is 5.95. The van der Waals surface area contributed by atoms with Crippen LogP contribution in [0.15, 0.2) is 12.2 Å². The average Bonchev–Trinajstić information content (AvgIpc) is 3.46. The van der Waals surface area contributed by atoms with E-state index < -0.39 is 0 Å². The Morgan fingerprint density at radius 1 is 0.392 bits per heavy atom. The van der Waals surface area contributed by atoms with Gasteiger partial charge in [-0.1, -0.05) is 269 Å². The fourth-order valence-electron chi connectivity index (χ4n) is 7.95. The third-order valence-corrected chi connectivity index (χ3v) is 11.5. The Morgan fingerprint density at radius 2 is 0.627 bits per heavy atom. The number of allylic oxidation sites excluding steroid dienone is 1. The van der Waals surface area contributed by atoms with Crippen molar-refractivity contribution in [2.45, 2.75) is 277 Å². The molecule has 0 radical (unpaired) electrons. The van der Waals surface area contributed by atoms with E-state index in [2.05, 4.69) is 17.7 Å². The van der Waals surface area contributed by atoms with Crippen molar-refractivity contribution in [3.8, 4) is 0 Å². The van der Waals surface area contributed by atoms with E-state index in [9.17, 15) is 9.59 Å². The summed E-state index contributed by atoms with van der Waals surface area (Å²) in [5.74, 6) is -1.11. The smallest absolute Gasteiger partial charge is 0.321 e. The molecule has 3 heteroatoms. The second-order valence-electron chi connectivity index (χ2n) is 16.6. The first-order chi connectivity index (χ1) is 25.2. The van der Waals surface area contributed by atoms with Gasteiger partial charge in [-0.25, -0.2) is 0 Å². The molecule has 1 aliphatic heterocycles. The van der Waals surface area contributed by atoms with Crippen molar-refractivity contribution >= 4 is 11.9 Å². The van der Waals surface area contributed by atoms with Crippen LogP contribution in [0.25, 0.3) is 0 Å². The van der Waals surface area contributed by atoms with Crippen LogP contribution in [0.1, 0.15) is 277 Å². The van der Waals surface area contributed by atoms with Crippen LogP contribution in [0.2, 0.25) is 0 Å². The van der Waals surface area contributed by atoms with Gasteiger partial charge in [0.2, 0.25) is 0 Å². The van der Waals surface area contributed by atoms with Gasteiger partial charge in [0.25, 0.3) is 0 Å². The third-order valence-electron chi connectivity index (χ3n) is 11.5. The summed E-state index contributed by atoms with van der Waals surface area (Å²) < 4.78 is 4.58.